The van der Waals surface area contributed by atoms with Crippen LogP contribution in [0.4, 0.5) is 5.95 Å². The van der Waals surface area contributed by atoms with Crippen LogP contribution >= 0.6 is 0 Å². The Kier molecular flexibility index (Phi) is 7.30. The maximum Gasteiger partial charge on any atom is 0.345 e. The number of carbonyl (C=O) groups is 3. The first kappa shape index (κ1) is 28.0. The summed E-state index contributed by atoms with van der Waals surface area (Å²) in [4.78, 5) is 57.4. The number of nitrogens with zero attached hydrogens (tertiary/aromatic N) is 1. The fourth-order valence-corrected chi connectivity index (χ4v) is 7.48. The lowest BCUT2D eigenvalue weighted by atomic mass is 9.44. The second-order valence-electron chi connectivity index (χ2n) is 11.8. The third kappa shape index (κ3) is 4.25. The monoisotopic (exact) mass is 529 g/mol. The minimum absolute atomic E-state index is 0.0612. The van der Waals surface area contributed by atoms with Crippen molar-refractivity contribution >= 4 is 23.6 Å². The molecule has 1 aromatic heterocycles. The number of Topliss-reactive ketones (excluding diaryl/α,β-unsaturated/α-hetero) is 1. The van der Waals surface area contributed by atoms with Gasteiger partial charge in [-0.05, 0) is 42.9 Å². The summed E-state index contributed by atoms with van der Waals surface area (Å²) < 4.78 is 6.13. The highest BCUT2D eigenvalue weighted by Crippen LogP contribution is 2.68. The summed E-state index contributed by atoms with van der Waals surface area (Å²) in [5.74, 6) is -1.77. The number of aliphatic hydroxyl groups excluding tert-OH is 1. The minimum Gasteiger partial charge on any atom is -0.458 e. The summed E-state index contributed by atoms with van der Waals surface area (Å²) in [7, 11) is 0. The van der Waals surface area contributed by atoms with E-state index in [2.05, 4.69) is 34.3 Å². The van der Waals surface area contributed by atoms with Crippen molar-refractivity contribution in [1.29, 1.82) is 0 Å². The molecule has 3 aliphatic rings. The Hall–Kier alpha value is -3.05. The van der Waals surface area contributed by atoms with Gasteiger partial charge in [0.2, 0.25) is 5.95 Å². The van der Waals surface area contributed by atoms with Crippen LogP contribution in [-0.4, -0.2) is 51.5 Å². The summed E-state index contributed by atoms with van der Waals surface area (Å²) in [5.41, 5.74) is 6.96. The average Bonchev–Trinajstić information content (AvgIpc) is 3.25. The summed E-state index contributed by atoms with van der Waals surface area (Å²) in [6.45, 7) is 11.8. The fourth-order valence-electron chi connectivity index (χ4n) is 7.48. The number of anilines is 1. The molecular weight excluding hydrogens is 490 g/mol. The molecule has 1 aromatic rings. The quantitative estimate of drug-likeness (QED) is 0.208. The smallest absolute Gasteiger partial charge is 0.345 e. The van der Waals surface area contributed by atoms with Crippen molar-refractivity contribution in [3.8, 4) is 0 Å². The van der Waals surface area contributed by atoms with Crippen LogP contribution < -0.4 is 22.1 Å². The van der Waals surface area contributed by atoms with E-state index in [-0.39, 0.29) is 48.0 Å². The highest BCUT2D eigenvalue weighted by molar-refractivity contribution is 5.89. The van der Waals surface area contributed by atoms with Crippen molar-refractivity contribution < 1.29 is 24.2 Å². The Bertz CT molecular complexity index is 1200. The average molecular weight is 530 g/mol. The molecule has 1 amide bonds. The van der Waals surface area contributed by atoms with Crippen molar-refractivity contribution in [2.24, 2.45) is 39.7 Å². The van der Waals surface area contributed by atoms with Crippen LogP contribution in [0.3, 0.4) is 0 Å². The molecule has 11 heteroatoms. The third-order valence-electron chi connectivity index (χ3n) is 10.1. The molecule has 2 unspecified atom stereocenters. The van der Waals surface area contributed by atoms with Gasteiger partial charge in [0, 0.05) is 23.2 Å². The van der Waals surface area contributed by atoms with Crippen molar-refractivity contribution in [3.05, 3.63) is 34.8 Å². The first-order chi connectivity index (χ1) is 17.8. The number of aliphatic hydroxyl groups is 1. The number of aromatic nitrogens is 2. The van der Waals surface area contributed by atoms with Crippen LogP contribution in [0, 0.1) is 34.0 Å². The zero-order chi connectivity index (χ0) is 28.0. The molecule has 2 bridgehead atoms. The van der Waals surface area contributed by atoms with Gasteiger partial charge in [0.25, 0.3) is 11.5 Å². The maximum atomic E-state index is 13.5. The summed E-state index contributed by atoms with van der Waals surface area (Å²) in [5, 5.41) is 11.6. The number of carbonyl (C=O) groups excluding carboxylic acids is 3. The van der Waals surface area contributed by atoms with Crippen molar-refractivity contribution in [2.45, 2.75) is 72.0 Å². The van der Waals surface area contributed by atoms with Gasteiger partial charge in [-0.2, -0.15) is 0 Å². The number of rotatable bonds is 6. The third-order valence-corrected chi connectivity index (χ3v) is 10.1. The molecule has 0 aromatic carbocycles. The van der Waals surface area contributed by atoms with Crippen LogP contribution in [0.1, 0.15) is 70.2 Å². The van der Waals surface area contributed by atoms with Crippen LogP contribution in [0.2, 0.25) is 0 Å². The molecule has 8 atom stereocenters. The van der Waals surface area contributed by atoms with Gasteiger partial charge >= 0.3 is 5.97 Å². The number of nitrogens with one attached hydrogen (secondary N) is 3. The van der Waals surface area contributed by atoms with Crippen LogP contribution in [0.15, 0.2) is 23.6 Å². The number of ketones is 1. The second kappa shape index (κ2) is 9.92. The normalized spacial score (nSPS) is 38.4. The van der Waals surface area contributed by atoms with Gasteiger partial charge in [0.05, 0.1) is 18.8 Å². The topological polar surface area (TPSA) is 176 Å². The first-order valence-corrected chi connectivity index (χ1v) is 13.2. The summed E-state index contributed by atoms with van der Waals surface area (Å²) >= 11 is 0. The van der Waals surface area contributed by atoms with Gasteiger partial charge in [-0.3, -0.25) is 30.2 Å². The highest BCUT2D eigenvalue weighted by atomic mass is 16.5. The molecule has 0 spiro atoms. The molecule has 0 saturated heterocycles. The van der Waals surface area contributed by atoms with Crippen molar-refractivity contribution in [1.82, 2.24) is 15.4 Å². The zero-order valence-electron chi connectivity index (χ0n) is 22.5. The molecule has 1 heterocycles. The maximum absolute atomic E-state index is 13.5. The van der Waals surface area contributed by atoms with E-state index in [1.165, 1.54) is 0 Å². The van der Waals surface area contributed by atoms with Crippen molar-refractivity contribution in [2.75, 3.05) is 12.0 Å². The minimum atomic E-state index is -0.870. The Morgan fingerprint density at radius 3 is 2.66 bits per heavy atom. The molecule has 0 aliphatic heterocycles. The molecular formula is C27H39N5O6. The van der Waals surface area contributed by atoms with E-state index in [1.807, 2.05) is 20.8 Å². The van der Waals surface area contributed by atoms with Gasteiger partial charge in [-0.25, -0.2) is 9.78 Å². The predicted molar refractivity (Wildman–Crippen MR) is 140 cm³/mol. The number of hydrogen-bond donors (Lipinski definition) is 5. The molecule has 6 N–H and O–H groups in total. The lowest BCUT2D eigenvalue weighted by Gasteiger charge is -2.61. The fraction of sp³-hybridized carbons (Fsp3) is 0.667. The lowest BCUT2D eigenvalue weighted by Crippen LogP contribution is -2.63. The van der Waals surface area contributed by atoms with E-state index in [1.54, 1.807) is 6.08 Å². The first-order valence-electron chi connectivity index (χ1n) is 13.2. The summed E-state index contributed by atoms with van der Waals surface area (Å²) in [6, 6.07) is 0. The van der Waals surface area contributed by atoms with Gasteiger partial charge in [0.15, 0.2) is 0 Å². The summed E-state index contributed by atoms with van der Waals surface area (Å²) in [6.07, 6.45) is 4.30. The molecule has 3 saturated carbocycles. The highest BCUT2D eigenvalue weighted by Gasteiger charge is 2.68. The molecule has 3 aliphatic carbocycles. The zero-order valence-corrected chi connectivity index (χ0v) is 22.5. The molecule has 3 fully saturated rings. The van der Waals surface area contributed by atoms with Crippen LogP contribution in [0.25, 0.3) is 0 Å². The Balaban J connectivity index is 1.72. The van der Waals surface area contributed by atoms with Crippen molar-refractivity contribution in [3.63, 3.8) is 0 Å². The number of amides is 1. The van der Waals surface area contributed by atoms with Gasteiger partial charge < -0.3 is 15.6 Å². The number of nitrogens with two attached hydrogens (primary N) is 1. The van der Waals surface area contributed by atoms with E-state index in [0.29, 0.717) is 12.8 Å². The Morgan fingerprint density at radius 2 is 2.03 bits per heavy atom. The number of aromatic amines is 1. The largest absolute Gasteiger partial charge is 0.458 e. The van der Waals surface area contributed by atoms with E-state index >= 15 is 0 Å². The lowest BCUT2D eigenvalue weighted by molar-refractivity contribution is -0.192. The van der Waals surface area contributed by atoms with Gasteiger partial charge in [0.1, 0.15) is 17.5 Å². The number of hydrazine groups is 1. The van der Waals surface area contributed by atoms with Gasteiger partial charge in [-0.1, -0.05) is 33.8 Å². The second-order valence-corrected chi connectivity index (χ2v) is 11.8. The molecule has 38 heavy (non-hydrogen) atoms. The number of ether oxygens (including phenoxy) is 1. The van der Waals surface area contributed by atoms with E-state index < -0.39 is 45.9 Å². The van der Waals surface area contributed by atoms with Gasteiger partial charge in [-0.15, -0.1) is 6.58 Å². The number of esters is 1. The Morgan fingerprint density at radius 1 is 1.32 bits per heavy atom. The number of hydrogen-bond acceptors (Lipinski definition) is 9. The van der Waals surface area contributed by atoms with Crippen LogP contribution in [-0.2, 0) is 14.3 Å². The molecule has 208 valence electrons. The standard InChI is InChI=1S/C27H39N5O6/c1-6-25(4)11-18(38-23(37)16-13-29-24(30-22(16)36)32-31-19(34)12-28)26(5)14(2)7-9-27(15(3)21(25)35)10-8-17(33)20(26)27/h6,13-15,18,20-21,35H,1,7-12,28H2,2-5H3,(H,31,34)(H2,29,30,32,36)/t14-,15+,18-,20?,21+,25-,26+,27?/m1/s1. The number of H-pyrrole nitrogens is 1. The predicted octanol–water partition coefficient (Wildman–Crippen LogP) is 1.69. The van der Waals surface area contributed by atoms with E-state index in [4.69, 9.17) is 10.5 Å². The van der Waals surface area contributed by atoms with E-state index in [0.717, 1.165) is 19.0 Å². The van der Waals surface area contributed by atoms with Crippen LogP contribution in [0.5, 0.6) is 0 Å². The molecule has 11 nitrogen and oxygen atoms in total. The van der Waals surface area contributed by atoms with E-state index in [9.17, 15) is 24.3 Å². The Labute approximate surface area is 222 Å². The molecule has 0 radical (unpaired) electrons. The SMILES string of the molecule is C=C[C@]1(C)C[C@@H](OC(=O)c2cnc(NNC(=O)CN)[nH]c2=O)[C@@]2(C)C3C(=O)CCC3(CC[C@H]2C)[C@@H](C)[C@@H]1O. The molecule has 4 rings (SSSR count).